The molecule has 0 aromatic heterocycles. The number of nitrogens with one attached hydrogen (secondary N) is 1. The predicted molar refractivity (Wildman–Crippen MR) is 80.4 cm³/mol. The van der Waals surface area contributed by atoms with E-state index in [0.29, 0.717) is 12.3 Å². The summed E-state index contributed by atoms with van der Waals surface area (Å²) in [7, 11) is 1.46. The largest absolute Gasteiger partial charge is 0.489 e. The zero-order chi connectivity index (χ0) is 14.7. The van der Waals surface area contributed by atoms with Gasteiger partial charge in [-0.3, -0.25) is 4.79 Å². The lowest BCUT2D eigenvalue weighted by molar-refractivity contribution is -0.141. The fraction of sp³-hybridized carbons (Fsp3) is 0.588. The van der Waals surface area contributed by atoms with Gasteiger partial charge >= 0.3 is 5.97 Å². The van der Waals surface area contributed by atoms with Gasteiger partial charge in [-0.2, -0.15) is 0 Å². The fourth-order valence-electron chi connectivity index (χ4n) is 3.06. The standard InChI is InChI=1S/C17H23NO3/c1-20-17(19)10-16(12-5-6-12)13-3-2-4-14(9-13)21-15-7-8-18-11-15/h2-4,9,12,15-16,18H,5-8,10-11H2,1H3/t15-,16-/m0/s1. The van der Waals surface area contributed by atoms with Crippen molar-refractivity contribution in [3.8, 4) is 5.75 Å². The number of rotatable bonds is 6. The van der Waals surface area contributed by atoms with Crippen molar-refractivity contribution in [2.24, 2.45) is 5.92 Å². The summed E-state index contributed by atoms with van der Waals surface area (Å²) in [6, 6.07) is 8.24. The summed E-state index contributed by atoms with van der Waals surface area (Å²) in [6.45, 7) is 1.94. The maximum absolute atomic E-state index is 11.6. The molecule has 1 N–H and O–H groups in total. The average molecular weight is 289 g/mol. The summed E-state index contributed by atoms with van der Waals surface area (Å²) < 4.78 is 10.9. The molecule has 1 aliphatic heterocycles. The molecule has 2 atom stereocenters. The van der Waals surface area contributed by atoms with Crippen molar-refractivity contribution < 1.29 is 14.3 Å². The summed E-state index contributed by atoms with van der Waals surface area (Å²) in [5, 5.41) is 3.31. The van der Waals surface area contributed by atoms with E-state index in [9.17, 15) is 4.79 Å². The van der Waals surface area contributed by atoms with Gasteiger partial charge in [-0.15, -0.1) is 0 Å². The van der Waals surface area contributed by atoms with Gasteiger partial charge in [0.25, 0.3) is 0 Å². The molecule has 0 unspecified atom stereocenters. The average Bonchev–Trinajstić information content (AvgIpc) is 3.22. The van der Waals surface area contributed by atoms with Crippen LogP contribution in [0.1, 0.15) is 37.2 Å². The Kier molecular flexibility index (Phi) is 4.44. The number of methoxy groups -OCH3 is 1. The Morgan fingerprint density at radius 3 is 2.90 bits per heavy atom. The molecular formula is C17H23NO3. The Morgan fingerprint density at radius 2 is 2.24 bits per heavy atom. The molecular weight excluding hydrogens is 266 g/mol. The van der Waals surface area contributed by atoms with Crippen LogP contribution in [-0.2, 0) is 9.53 Å². The van der Waals surface area contributed by atoms with E-state index in [4.69, 9.17) is 9.47 Å². The highest BCUT2D eigenvalue weighted by atomic mass is 16.5. The highest BCUT2D eigenvalue weighted by Crippen LogP contribution is 2.45. The summed E-state index contributed by atoms with van der Waals surface area (Å²) in [5.41, 5.74) is 1.20. The zero-order valence-corrected chi connectivity index (χ0v) is 12.5. The van der Waals surface area contributed by atoms with Crippen LogP contribution in [0.5, 0.6) is 5.75 Å². The number of esters is 1. The fourth-order valence-corrected chi connectivity index (χ4v) is 3.06. The topological polar surface area (TPSA) is 47.6 Å². The van der Waals surface area contributed by atoms with Gasteiger partial charge in [0.05, 0.1) is 13.5 Å². The second kappa shape index (κ2) is 6.48. The summed E-state index contributed by atoms with van der Waals surface area (Å²) in [4.78, 5) is 11.6. The molecule has 1 aromatic rings. The monoisotopic (exact) mass is 289 g/mol. The van der Waals surface area contributed by atoms with E-state index in [1.807, 2.05) is 12.1 Å². The molecule has 1 heterocycles. The molecule has 3 rings (SSSR count). The van der Waals surface area contributed by atoms with Crippen molar-refractivity contribution in [3.63, 3.8) is 0 Å². The van der Waals surface area contributed by atoms with E-state index < -0.39 is 0 Å². The van der Waals surface area contributed by atoms with Gasteiger partial charge in [0.15, 0.2) is 0 Å². The SMILES string of the molecule is COC(=O)C[C@H](c1cccc(O[C@H]2CCNC2)c1)C1CC1. The number of ether oxygens (including phenoxy) is 2. The molecule has 0 bridgehead atoms. The molecule has 1 aromatic carbocycles. The van der Waals surface area contributed by atoms with Crippen molar-refractivity contribution in [2.45, 2.75) is 37.7 Å². The molecule has 0 spiro atoms. The maximum atomic E-state index is 11.6. The minimum atomic E-state index is -0.127. The molecule has 21 heavy (non-hydrogen) atoms. The van der Waals surface area contributed by atoms with Crippen molar-refractivity contribution in [1.82, 2.24) is 5.32 Å². The normalized spacial score (nSPS) is 22.8. The minimum absolute atomic E-state index is 0.127. The Balaban J connectivity index is 1.71. The van der Waals surface area contributed by atoms with Crippen LogP contribution in [-0.4, -0.2) is 32.3 Å². The van der Waals surface area contributed by atoms with Gasteiger partial charge in [0, 0.05) is 6.54 Å². The molecule has 4 heteroatoms. The maximum Gasteiger partial charge on any atom is 0.306 e. The van der Waals surface area contributed by atoms with Gasteiger partial charge in [0.1, 0.15) is 11.9 Å². The Bertz CT molecular complexity index is 493. The second-order valence-corrected chi connectivity index (χ2v) is 6.03. The Morgan fingerprint density at radius 1 is 1.38 bits per heavy atom. The van der Waals surface area contributed by atoms with Gasteiger partial charge in [-0.05, 0) is 55.3 Å². The third-order valence-corrected chi connectivity index (χ3v) is 4.41. The lowest BCUT2D eigenvalue weighted by Gasteiger charge is -2.18. The van der Waals surface area contributed by atoms with Crippen LogP contribution in [0.15, 0.2) is 24.3 Å². The first-order chi connectivity index (χ1) is 10.3. The Labute approximate surface area is 125 Å². The van der Waals surface area contributed by atoms with Gasteiger partial charge in [-0.1, -0.05) is 12.1 Å². The van der Waals surface area contributed by atoms with Crippen LogP contribution in [0.3, 0.4) is 0 Å². The number of hydrogen-bond acceptors (Lipinski definition) is 4. The van der Waals surface area contributed by atoms with Crippen LogP contribution >= 0.6 is 0 Å². The first kappa shape index (κ1) is 14.4. The predicted octanol–water partition coefficient (Wildman–Crippen LogP) is 2.48. The van der Waals surface area contributed by atoms with E-state index in [0.717, 1.165) is 25.3 Å². The molecule has 2 fully saturated rings. The number of hydrogen-bond donors (Lipinski definition) is 1. The zero-order valence-electron chi connectivity index (χ0n) is 12.5. The number of benzene rings is 1. The second-order valence-electron chi connectivity index (χ2n) is 6.03. The highest BCUT2D eigenvalue weighted by molar-refractivity contribution is 5.70. The molecule has 1 saturated heterocycles. The number of carbonyl (C=O) groups is 1. The molecule has 0 amide bonds. The van der Waals surface area contributed by atoms with Crippen molar-refractivity contribution in [3.05, 3.63) is 29.8 Å². The summed E-state index contributed by atoms with van der Waals surface area (Å²) in [5.74, 6) is 1.67. The van der Waals surface area contributed by atoms with Crippen LogP contribution in [0.4, 0.5) is 0 Å². The van der Waals surface area contributed by atoms with E-state index in [2.05, 4.69) is 17.4 Å². The number of carbonyl (C=O) groups excluding carboxylic acids is 1. The lowest BCUT2D eigenvalue weighted by atomic mass is 9.91. The van der Waals surface area contributed by atoms with Crippen molar-refractivity contribution in [2.75, 3.05) is 20.2 Å². The van der Waals surface area contributed by atoms with Gasteiger partial charge in [0.2, 0.25) is 0 Å². The lowest BCUT2D eigenvalue weighted by Crippen LogP contribution is -2.19. The molecule has 1 saturated carbocycles. The van der Waals surface area contributed by atoms with Gasteiger partial charge in [-0.25, -0.2) is 0 Å². The summed E-state index contributed by atoms with van der Waals surface area (Å²) in [6.07, 6.45) is 4.20. The first-order valence-corrected chi connectivity index (χ1v) is 7.80. The molecule has 1 aliphatic carbocycles. The third-order valence-electron chi connectivity index (χ3n) is 4.41. The third kappa shape index (κ3) is 3.76. The molecule has 4 nitrogen and oxygen atoms in total. The van der Waals surface area contributed by atoms with E-state index in [1.165, 1.54) is 25.5 Å². The van der Waals surface area contributed by atoms with Crippen LogP contribution in [0.2, 0.25) is 0 Å². The van der Waals surface area contributed by atoms with Crippen LogP contribution in [0.25, 0.3) is 0 Å². The first-order valence-electron chi connectivity index (χ1n) is 7.80. The van der Waals surface area contributed by atoms with Crippen molar-refractivity contribution >= 4 is 5.97 Å². The van der Waals surface area contributed by atoms with E-state index in [-0.39, 0.29) is 18.0 Å². The molecule has 0 radical (unpaired) electrons. The molecule has 2 aliphatic rings. The minimum Gasteiger partial charge on any atom is -0.489 e. The van der Waals surface area contributed by atoms with Gasteiger partial charge < -0.3 is 14.8 Å². The summed E-state index contributed by atoms with van der Waals surface area (Å²) >= 11 is 0. The van der Waals surface area contributed by atoms with Crippen molar-refractivity contribution in [1.29, 1.82) is 0 Å². The van der Waals surface area contributed by atoms with Crippen LogP contribution < -0.4 is 10.1 Å². The Hall–Kier alpha value is -1.55. The molecule has 114 valence electrons. The highest BCUT2D eigenvalue weighted by Gasteiger charge is 2.34. The smallest absolute Gasteiger partial charge is 0.306 e. The van der Waals surface area contributed by atoms with E-state index in [1.54, 1.807) is 0 Å². The van der Waals surface area contributed by atoms with Crippen LogP contribution in [0, 0.1) is 5.92 Å². The van der Waals surface area contributed by atoms with E-state index >= 15 is 0 Å². The quantitative estimate of drug-likeness (QED) is 0.817.